The van der Waals surface area contributed by atoms with Gasteiger partial charge in [0, 0.05) is 56.1 Å². The Morgan fingerprint density at radius 2 is 2.07 bits per heavy atom. The smallest absolute Gasteiger partial charge is 0.227 e. The second kappa shape index (κ2) is 9.24. The minimum Gasteiger partial charge on any atom is -0.378 e. The first-order valence-electron chi connectivity index (χ1n) is 10.2. The highest BCUT2D eigenvalue weighted by Gasteiger charge is 2.26. The van der Waals surface area contributed by atoms with E-state index in [4.69, 9.17) is 21.3 Å². The Morgan fingerprint density at radius 1 is 1.24 bits per heavy atom. The van der Waals surface area contributed by atoms with Gasteiger partial charge in [0.1, 0.15) is 11.6 Å². The zero-order chi connectivity index (χ0) is 20.2. The summed E-state index contributed by atoms with van der Waals surface area (Å²) in [6, 6.07) is 7.14. The van der Waals surface area contributed by atoms with Crippen LogP contribution in [0.25, 0.3) is 0 Å². The van der Waals surface area contributed by atoms with E-state index in [0.29, 0.717) is 36.4 Å². The van der Waals surface area contributed by atoms with Crippen molar-refractivity contribution >= 4 is 23.4 Å². The molecule has 29 heavy (non-hydrogen) atoms. The largest absolute Gasteiger partial charge is 0.378 e. The predicted molar refractivity (Wildman–Crippen MR) is 113 cm³/mol. The molecular weight excluding hydrogens is 393 g/mol. The molecule has 0 saturated carbocycles. The summed E-state index contributed by atoms with van der Waals surface area (Å²) in [6.07, 6.45) is 3.96. The number of ether oxygens (including phenoxy) is 1. The summed E-state index contributed by atoms with van der Waals surface area (Å²) in [4.78, 5) is 15.9. The van der Waals surface area contributed by atoms with Crippen LogP contribution in [0.1, 0.15) is 18.4 Å². The molecular formula is C21H27ClFN5O. The van der Waals surface area contributed by atoms with Crippen molar-refractivity contribution in [2.75, 3.05) is 56.2 Å². The molecule has 2 saturated heterocycles. The van der Waals surface area contributed by atoms with Gasteiger partial charge in [0.15, 0.2) is 0 Å². The molecule has 2 aliphatic rings. The molecule has 156 valence electrons. The summed E-state index contributed by atoms with van der Waals surface area (Å²) >= 11 is 6.23. The molecule has 8 heteroatoms. The molecule has 1 aromatic carbocycles. The Hall–Kier alpha value is -1.96. The topological polar surface area (TPSA) is 44.7 Å². The maximum atomic E-state index is 14.2. The van der Waals surface area contributed by atoms with Crippen LogP contribution in [0, 0.1) is 5.82 Å². The van der Waals surface area contributed by atoms with Gasteiger partial charge in [-0.1, -0.05) is 17.7 Å². The molecule has 3 heterocycles. The van der Waals surface area contributed by atoms with Gasteiger partial charge in [-0.15, -0.1) is 0 Å². The third-order valence-electron chi connectivity index (χ3n) is 5.76. The Kier molecular flexibility index (Phi) is 6.47. The second-order valence-electron chi connectivity index (χ2n) is 7.66. The van der Waals surface area contributed by atoms with Crippen LogP contribution in [0.15, 0.2) is 30.5 Å². The van der Waals surface area contributed by atoms with Gasteiger partial charge in [-0.2, -0.15) is 4.98 Å². The fourth-order valence-electron chi connectivity index (χ4n) is 4.04. The molecule has 2 fully saturated rings. The third kappa shape index (κ3) is 4.79. The van der Waals surface area contributed by atoms with E-state index in [9.17, 15) is 4.39 Å². The number of likely N-dealkylation sites (N-methyl/N-ethyl adjacent to an activating group) is 1. The average Bonchev–Trinajstić information content (AvgIpc) is 2.77. The van der Waals surface area contributed by atoms with Gasteiger partial charge in [-0.3, -0.25) is 4.90 Å². The maximum Gasteiger partial charge on any atom is 0.227 e. The number of benzene rings is 1. The summed E-state index contributed by atoms with van der Waals surface area (Å²) in [7, 11) is 2.08. The number of piperidine rings is 1. The van der Waals surface area contributed by atoms with Crippen LogP contribution in [0.5, 0.6) is 0 Å². The van der Waals surface area contributed by atoms with E-state index in [1.54, 1.807) is 12.1 Å². The standard InChI is InChI=1S/C21H27ClFN5O/c1-26(20-7-8-24-21(25-20)28-10-12-29-13-11-28)16-4-3-9-27(14-16)15-17-18(22)5-2-6-19(17)23/h2,5-8,16H,3-4,9-15H2,1H3. The molecule has 0 spiro atoms. The molecule has 2 aliphatic heterocycles. The van der Waals surface area contributed by atoms with Crippen LogP contribution >= 0.6 is 11.6 Å². The first-order valence-corrected chi connectivity index (χ1v) is 10.5. The van der Waals surface area contributed by atoms with Gasteiger partial charge in [-0.25, -0.2) is 9.37 Å². The van der Waals surface area contributed by atoms with E-state index in [0.717, 1.165) is 50.8 Å². The maximum absolute atomic E-state index is 14.2. The number of anilines is 2. The Morgan fingerprint density at radius 3 is 2.86 bits per heavy atom. The monoisotopic (exact) mass is 419 g/mol. The highest BCUT2D eigenvalue weighted by Crippen LogP contribution is 2.25. The summed E-state index contributed by atoms with van der Waals surface area (Å²) in [5.41, 5.74) is 0.578. The van der Waals surface area contributed by atoms with Crippen molar-refractivity contribution in [3.63, 3.8) is 0 Å². The fourth-order valence-corrected chi connectivity index (χ4v) is 4.26. The van der Waals surface area contributed by atoms with E-state index >= 15 is 0 Å². The molecule has 0 amide bonds. The zero-order valence-electron chi connectivity index (χ0n) is 16.7. The summed E-state index contributed by atoms with van der Waals surface area (Å²) in [5, 5.41) is 0.492. The lowest BCUT2D eigenvalue weighted by Crippen LogP contribution is -2.46. The van der Waals surface area contributed by atoms with Crippen molar-refractivity contribution in [1.29, 1.82) is 0 Å². The third-order valence-corrected chi connectivity index (χ3v) is 6.11. The van der Waals surface area contributed by atoms with Gasteiger partial charge in [-0.05, 0) is 37.6 Å². The minimum atomic E-state index is -0.237. The first kappa shape index (κ1) is 20.3. The number of rotatable bonds is 5. The van der Waals surface area contributed by atoms with E-state index in [2.05, 4.69) is 26.7 Å². The number of likely N-dealkylation sites (tertiary alicyclic amines) is 1. The van der Waals surface area contributed by atoms with E-state index < -0.39 is 0 Å². The summed E-state index contributed by atoms with van der Waals surface area (Å²) in [6.45, 7) is 5.36. The molecule has 0 radical (unpaired) electrons. The molecule has 1 atom stereocenters. The SMILES string of the molecule is CN(c1ccnc(N2CCOCC2)n1)C1CCCN(Cc2c(F)cccc2Cl)C1. The Balaban J connectivity index is 1.44. The number of hydrogen-bond donors (Lipinski definition) is 0. The van der Waals surface area contributed by atoms with Crippen molar-refractivity contribution in [1.82, 2.24) is 14.9 Å². The predicted octanol–water partition coefficient (Wildman–Crippen LogP) is 3.21. The van der Waals surface area contributed by atoms with Gasteiger partial charge in [0.25, 0.3) is 0 Å². The Bertz CT molecular complexity index is 812. The number of hydrogen-bond acceptors (Lipinski definition) is 6. The number of morpholine rings is 1. The molecule has 1 unspecified atom stereocenters. The van der Waals surface area contributed by atoms with Gasteiger partial charge < -0.3 is 14.5 Å². The molecule has 6 nitrogen and oxygen atoms in total. The van der Waals surface area contributed by atoms with Crippen molar-refractivity contribution in [2.45, 2.75) is 25.4 Å². The Labute approximate surface area is 176 Å². The van der Waals surface area contributed by atoms with Crippen LogP contribution in [0.4, 0.5) is 16.2 Å². The zero-order valence-corrected chi connectivity index (χ0v) is 17.5. The van der Waals surface area contributed by atoms with Crippen LogP contribution in [0.2, 0.25) is 5.02 Å². The van der Waals surface area contributed by atoms with Crippen molar-refractivity contribution < 1.29 is 9.13 Å². The van der Waals surface area contributed by atoms with Crippen LogP contribution in [-0.4, -0.2) is 67.4 Å². The van der Waals surface area contributed by atoms with Crippen molar-refractivity contribution in [3.8, 4) is 0 Å². The first-order chi connectivity index (χ1) is 14.1. The quantitative estimate of drug-likeness (QED) is 0.741. The molecule has 0 bridgehead atoms. The lowest BCUT2D eigenvalue weighted by Gasteiger charge is -2.38. The lowest BCUT2D eigenvalue weighted by molar-refractivity contribution is 0.122. The summed E-state index contributed by atoms with van der Waals surface area (Å²) in [5.74, 6) is 1.43. The second-order valence-corrected chi connectivity index (χ2v) is 8.06. The fraction of sp³-hybridized carbons (Fsp3) is 0.524. The van der Waals surface area contributed by atoms with Crippen molar-refractivity contribution in [3.05, 3.63) is 46.9 Å². The average molecular weight is 420 g/mol. The highest BCUT2D eigenvalue weighted by atomic mass is 35.5. The molecule has 1 aromatic heterocycles. The molecule has 4 rings (SSSR count). The number of nitrogens with zero attached hydrogens (tertiary/aromatic N) is 5. The van der Waals surface area contributed by atoms with E-state index in [1.807, 2.05) is 12.3 Å². The molecule has 0 N–H and O–H groups in total. The van der Waals surface area contributed by atoms with Gasteiger partial charge in [0.2, 0.25) is 5.95 Å². The molecule has 0 aliphatic carbocycles. The van der Waals surface area contributed by atoms with Gasteiger partial charge in [0.05, 0.1) is 13.2 Å². The lowest BCUT2D eigenvalue weighted by atomic mass is 10.0. The van der Waals surface area contributed by atoms with Crippen LogP contribution < -0.4 is 9.80 Å². The van der Waals surface area contributed by atoms with E-state index in [-0.39, 0.29) is 5.82 Å². The van der Waals surface area contributed by atoms with Crippen LogP contribution in [0.3, 0.4) is 0 Å². The highest BCUT2D eigenvalue weighted by molar-refractivity contribution is 6.31. The van der Waals surface area contributed by atoms with Crippen LogP contribution in [-0.2, 0) is 11.3 Å². The minimum absolute atomic E-state index is 0.237. The number of halogens is 2. The molecule has 2 aromatic rings. The normalized spacial score (nSPS) is 20.7. The van der Waals surface area contributed by atoms with E-state index in [1.165, 1.54) is 6.07 Å². The van der Waals surface area contributed by atoms with Crippen molar-refractivity contribution in [2.24, 2.45) is 0 Å². The summed E-state index contributed by atoms with van der Waals surface area (Å²) < 4.78 is 19.6. The van der Waals surface area contributed by atoms with Gasteiger partial charge >= 0.3 is 0 Å². The number of aromatic nitrogens is 2.